The van der Waals surface area contributed by atoms with Crippen LogP contribution in [0.3, 0.4) is 0 Å². The Balaban J connectivity index is 1.92. The van der Waals surface area contributed by atoms with Gasteiger partial charge in [-0.3, -0.25) is 9.59 Å². The monoisotopic (exact) mass is 397 g/mol. The summed E-state index contributed by atoms with van der Waals surface area (Å²) in [5.74, 6) is -0.901. The van der Waals surface area contributed by atoms with Gasteiger partial charge in [0.15, 0.2) is 0 Å². The van der Waals surface area contributed by atoms with Crippen molar-refractivity contribution in [2.24, 2.45) is 5.73 Å². The Morgan fingerprint density at radius 1 is 0.931 bits per heavy atom. The van der Waals surface area contributed by atoms with Gasteiger partial charge in [-0.1, -0.05) is 12.1 Å². The first-order valence-corrected chi connectivity index (χ1v) is 9.30. The van der Waals surface area contributed by atoms with Gasteiger partial charge < -0.3 is 21.1 Å². The first-order valence-electron chi connectivity index (χ1n) is 9.30. The number of nitrogens with two attached hydrogens (primary N) is 1. The first kappa shape index (κ1) is 22.1. The van der Waals surface area contributed by atoms with Crippen LogP contribution >= 0.6 is 0 Å². The number of benzene rings is 2. The van der Waals surface area contributed by atoms with E-state index in [9.17, 15) is 14.4 Å². The molecule has 2 aromatic carbocycles. The zero-order valence-corrected chi connectivity index (χ0v) is 17.1. The molecule has 1 atom stereocenters. The van der Waals surface area contributed by atoms with E-state index in [0.29, 0.717) is 23.4 Å². The van der Waals surface area contributed by atoms with Crippen LogP contribution < -0.4 is 16.4 Å². The SMILES string of the molecule is CC(=O)Nc1ccc(CC(N)C(=O)Nc2ccc(C(=O)OC(C)(C)C)cc2)cc1. The molecule has 154 valence electrons. The molecule has 2 aromatic rings. The van der Waals surface area contributed by atoms with Gasteiger partial charge in [-0.25, -0.2) is 4.79 Å². The number of nitrogens with one attached hydrogen (secondary N) is 2. The molecule has 0 saturated heterocycles. The fourth-order valence-electron chi connectivity index (χ4n) is 2.54. The van der Waals surface area contributed by atoms with E-state index in [2.05, 4.69) is 10.6 Å². The minimum Gasteiger partial charge on any atom is -0.456 e. The van der Waals surface area contributed by atoms with E-state index in [0.717, 1.165) is 5.56 Å². The third kappa shape index (κ3) is 7.38. The molecule has 2 rings (SSSR count). The van der Waals surface area contributed by atoms with Crippen molar-refractivity contribution in [2.45, 2.75) is 45.8 Å². The van der Waals surface area contributed by atoms with Gasteiger partial charge in [-0.05, 0) is 69.2 Å². The molecule has 0 radical (unpaired) electrons. The Morgan fingerprint density at radius 3 is 1.97 bits per heavy atom. The van der Waals surface area contributed by atoms with Gasteiger partial charge in [-0.15, -0.1) is 0 Å². The fourth-order valence-corrected chi connectivity index (χ4v) is 2.54. The third-order valence-corrected chi connectivity index (χ3v) is 3.85. The number of ether oxygens (including phenoxy) is 1. The number of rotatable bonds is 6. The van der Waals surface area contributed by atoms with Crippen molar-refractivity contribution >= 4 is 29.2 Å². The van der Waals surface area contributed by atoms with E-state index in [-0.39, 0.29) is 11.8 Å². The number of esters is 1. The van der Waals surface area contributed by atoms with E-state index in [4.69, 9.17) is 10.5 Å². The van der Waals surface area contributed by atoms with Crippen molar-refractivity contribution in [1.29, 1.82) is 0 Å². The van der Waals surface area contributed by atoms with Gasteiger partial charge >= 0.3 is 5.97 Å². The second-order valence-electron chi connectivity index (χ2n) is 7.76. The van der Waals surface area contributed by atoms with Crippen LogP contribution in [-0.4, -0.2) is 29.4 Å². The quantitative estimate of drug-likeness (QED) is 0.649. The first-order chi connectivity index (χ1) is 13.5. The topological polar surface area (TPSA) is 111 Å². The number of anilines is 2. The van der Waals surface area contributed by atoms with Crippen LogP contribution in [0.25, 0.3) is 0 Å². The minimum absolute atomic E-state index is 0.147. The smallest absolute Gasteiger partial charge is 0.338 e. The molecule has 0 spiro atoms. The zero-order valence-electron chi connectivity index (χ0n) is 17.1. The van der Waals surface area contributed by atoms with E-state index in [1.165, 1.54) is 6.92 Å². The van der Waals surface area contributed by atoms with Gasteiger partial charge in [-0.2, -0.15) is 0 Å². The van der Waals surface area contributed by atoms with E-state index < -0.39 is 17.6 Å². The Morgan fingerprint density at radius 2 is 1.45 bits per heavy atom. The van der Waals surface area contributed by atoms with Crippen LogP contribution in [0.4, 0.5) is 11.4 Å². The van der Waals surface area contributed by atoms with Crippen molar-refractivity contribution < 1.29 is 19.1 Å². The molecule has 0 aliphatic carbocycles. The normalized spacial score (nSPS) is 12.0. The van der Waals surface area contributed by atoms with Crippen LogP contribution in [0.5, 0.6) is 0 Å². The lowest BCUT2D eigenvalue weighted by atomic mass is 10.1. The van der Waals surface area contributed by atoms with E-state index in [1.807, 2.05) is 12.1 Å². The predicted molar refractivity (Wildman–Crippen MR) is 113 cm³/mol. The number of hydrogen-bond acceptors (Lipinski definition) is 5. The zero-order chi connectivity index (χ0) is 21.6. The van der Waals surface area contributed by atoms with Crippen molar-refractivity contribution in [2.75, 3.05) is 10.6 Å². The Labute approximate surface area is 170 Å². The molecule has 0 fully saturated rings. The number of hydrogen-bond donors (Lipinski definition) is 3. The highest BCUT2D eigenvalue weighted by atomic mass is 16.6. The predicted octanol–water partition coefficient (Wildman–Crippen LogP) is 3.11. The molecule has 0 saturated carbocycles. The Bertz CT molecular complexity index is 868. The molecule has 0 aliphatic heterocycles. The minimum atomic E-state index is -0.743. The van der Waals surface area contributed by atoms with Crippen LogP contribution in [-0.2, 0) is 20.7 Å². The van der Waals surface area contributed by atoms with Gasteiger partial charge in [0.05, 0.1) is 11.6 Å². The lowest BCUT2D eigenvalue weighted by Crippen LogP contribution is -2.37. The molecular formula is C22H27N3O4. The summed E-state index contributed by atoms with van der Waals surface area (Å²) < 4.78 is 5.31. The van der Waals surface area contributed by atoms with Crippen LogP contribution in [0.15, 0.2) is 48.5 Å². The molecular weight excluding hydrogens is 370 g/mol. The largest absolute Gasteiger partial charge is 0.456 e. The second-order valence-corrected chi connectivity index (χ2v) is 7.76. The van der Waals surface area contributed by atoms with Crippen molar-refractivity contribution in [1.82, 2.24) is 0 Å². The maximum atomic E-state index is 12.4. The highest BCUT2D eigenvalue weighted by molar-refractivity contribution is 5.96. The van der Waals surface area contributed by atoms with Crippen LogP contribution in [0.1, 0.15) is 43.6 Å². The van der Waals surface area contributed by atoms with Gasteiger partial charge in [0.2, 0.25) is 11.8 Å². The summed E-state index contributed by atoms with van der Waals surface area (Å²) >= 11 is 0. The molecule has 7 nitrogen and oxygen atoms in total. The standard InChI is InChI=1S/C22H27N3O4/c1-14(26)24-17-9-5-15(6-10-17)13-19(23)20(27)25-18-11-7-16(8-12-18)21(28)29-22(2,3)4/h5-12,19H,13,23H2,1-4H3,(H,24,26)(H,25,27). The molecule has 2 amide bonds. The number of carbonyl (C=O) groups excluding carboxylic acids is 3. The van der Waals surface area contributed by atoms with Crippen LogP contribution in [0, 0.1) is 0 Å². The Hall–Kier alpha value is -3.19. The number of carbonyl (C=O) groups is 3. The highest BCUT2D eigenvalue weighted by Gasteiger charge is 2.18. The molecule has 29 heavy (non-hydrogen) atoms. The Kier molecular flexibility index (Phi) is 7.12. The van der Waals surface area contributed by atoms with Gasteiger partial charge in [0.25, 0.3) is 0 Å². The van der Waals surface area contributed by atoms with Crippen molar-refractivity contribution in [3.8, 4) is 0 Å². The second kappa shape index (κ2) is 9.34. The lowest BCUT2D eigenvalue weighted by molar-refractivity contribution is -0.117. The summed E-state index contributed by atoms with van der Waals surface area (Å²) in [6.45, 7) is 6.84. The summed E-state index contributed by atoms with van der Waals surface area (Å²) in [7, 11) is 0. The molecule has 0 bridgehead atoms. The maximum Gasteiger partial charge on any atom is 0.338 e. The molecule has 1 unspecified atom stereocenters. The van der Waals surface area contributed by atoms with Gasteiger partial charge in [0.1, 0.15) is 5.60 Å². The summed E-state index contributed by atoms with van der Waals surface area (Å²) in [5, 5.41) is 5.42. The summed E-state index contributed by atoms with van der Waals surface area (Å²) in [6, 6.07) is 12.9. The third-order valence-electron chi connectivity index (χ3n) is 3.85. The molecule has 0 aliphatic rings. The molecule has 0 aromatic heterocycles. The summed E-state index contributed by atoms with van der Waals surface area (Å²) in [5.41, 5.74) is 7.94. The van der Waals surface area contributed by atoms with Crippen molar-refractivity contribution in [3.05, 3.63) is 59.7 Å². The van der Waals surface area contributed by atoms with Crippen LogP contribution in [0.2, 0.25) is 0 Å². The average Bonchev–Trinajstić information content (AvgIpc) is 2.62. The summed E-state index contributed by atoms with van der Waals surface area (Å²) in [4.78, 5) is 35.4. The lowest BCUT2D eigenvalue weighted by Gasteiger charge is -2.19. The maximum absolute atomic E-state index is 12.4. The summed E-state index contributed by atoms with van der Waals surface area (Å²) in [6.07, 6.45) is 0.349. The van der Waals surface area contributed by atoms with Crippen molar-refractivity contribution in [3.63, 3.8) is 0 Å². The molecule has 4 N–H and O–H groups in total. The van der Waals surface area contributed by atoms with Gasteiger partial charge in [0, 0.05) is 18.3 Å². The molecule has 7 heteroatoms. The average molecular weight is 397 g/mol. The molecule has 0 heterocycles. The van der Waals surface area contributed by atoms with E-state index in [1.54, 1.807) is 57.2 Å². The highest BCUT2D eigenvalue weighted by Crippen LogP contribution is 2.16. The number of amides is 2. The van der Waals surface area contributed by atoms with E-state index >= 15 is 0 Å². The fraction of sp³-hybridized carbons (Fsp3) is 0.318.